The number of rotatable bonds is 4. The number of anilines is 1. The van der Waals surface area contributed by atoms with Gasteiger partial charge in [-0.2, -0.15) is 0 Å². The molecular weight excluding hydrogens is 422 g/mol. The Kier molecular flexibility index (Phi) is 4.94. The van der Waals surface area contributed by atoms with Gasteiger partial charge in [-0.15, -0.1) is 10.2 Å². The summed E-state index contributed by atoms with van der Waals surface area (Å²) in [6, 6.07) is 12.7. The van der Waals surface area contributed by atoms with Crippen LogP contribution in [0.1, 0.15) is 15.9 Å². The summed E-state index contributed by atoms with van der Waals surface area (Å²) in [5, 5.41) is 11.1. The molecule has 0 saturated heterocycles. The first-order valence-electron chi connectivity index (χ1n) is 8.38. The number of halogens is 1. The van der Waals surface area contributed by atoms with E-state index in [0.717, 1.165) is 10.0 Å². The minimum Gasteiger partial charge on any atom is -0.414 e. The first kappa shape index (κ1) is 18.0. The lowest BCUT2D eigenvalue weighted by Gasteiger charge is -2.13. The molecule has 0 fully saturated rings. The Bertz CT molecular complexity index is 1130. The number of hydrogen-bond donors (Lipinski definition) is 1. The number of hydrogen-bond acceptors (Lipinski definition) is 6. The molecule has 0 aliphatic rings. The molecule has 0 saturated carbocycles. The van der Waals surface area contributed by atoms with Crippen molar-refractivity contribution in [3.63, 3.8) is 0 Å². The molecule has 0 spiro atoms. The maximum Gasteiger partial charge on any atom is 0.268 e. The third-order valence-electron chi connectivity index (χ3n) is 4.01. The van der Waals surface area contributed by atoms with Gasteiger partial charge in [0.25, 0.3) is 11.8 Å². The smallest absolute Gasteiger partial charge is 0.268 e. The van der Waals surface area contributed by atoms with Gasteiger partial charge in [0.1, 0.15) is 5.69 Å². The summed E-state index contributed by atoms with van der Waals surface area (Å²) in [6.07, 6.45) is 4.66. The third-order valence-corrected chi connectivity index (χ3v) is 4.47. The number of aryl methyl sites for hydroxylation is 1. The molecule has 7 nitrogen and oxygen atoms in total. The van der Waals surface area contributed by atoms with E-state index in [0.29, 0.717) is 22.5 Å². The van der Waals surface area contributed by atoms with Crippen molar-refractivity contribution in [3.05, 3.63) is 76.7 Å². The topological polar surface area (TPSA) is 93.8 Å². The maximum absolute atomic E-state index is 12.7. The summed E-state index contributed by atoms with van der Waals surface area (Å²) in [5.74, 6) is 0.301. The van der Waals surface area contributed by atoms with E-state index < -0.39 is 0 Å². The minimum absolute atomic E-state index is 0.221. The van der Waals surface area contributed by atoms with Gasteiger partial charge < -0.3 is 9.73 Å². The first-order valence-corrected chi connectivity index (χ1v) is 9.18. The van der Waals surface area contributed by atoms with Gasteiger partial charge in [0.15, 0.2) is 0 Å². The monoisotopic (exact) mass is 435 g/mol. The van der Waals surface area contributed by atoms with Crippen molar-refractivity contribution in [3.8, 4) is 23.0 Å². The molecule has 0 aliphatic heterocycles. The van der Waals surface area contributed by atoms with Crippen LogP contribution >= 0.6 is 15.9 Å². The van der Waals surface area contributed by atoms with Crippen molar-refractivity contribution in [1.82, 2.24) is 20.2 Å². The average molecular weight is 436 g/mol. The summed E-state index contributed by atoms with van der Waals surface area (Å²) in [7, 11) is 0. The van der Waals surface area contributed by atoms with Crippen LogP contribution in [0.2, 0.25) is 0 Å². The van der Waals surface area contributed by atoms with Crippen LogP contribution in [0.3, 0.4) is 0 Å². The molecule has 138 valence electrons. The van der Waals surface area contributed by atoms with Gasteiger partial charge in [-0.1, -0.05) is 34.1 Å². The molecule has 2 heterocycles. The highest BCUT2D eigenvalue weighted by Crippen LogP contribution is 2.34. The lowest BCUT2D eigenvalue weighted by atomic mass is 10.1. The molecule has 0 atom stereocenters. The number of benzene rings is 2. The molecule has 0 bridgehead atoms. The quantitative estimate of drug-likeness (QED) is 0.506. The van der Waals surface area contributed by atoms with Crippen LogP contribution in [0.15, 0.2) is 69.9 Å². The summed E-state index contributed by atoms with van der Waals surface area (Å²) < 4.78 is 6.63. The molecule has 0 unspecified atom stereocenters. The van der Waals surface area contributed by atoms with E-state index in [1.165, 1.54) is 0 Å². The Morgan fingerprint density at radius 2 is 1.86 bits per heavy atom. The van der Waals surface area contributed by atoms with Gasteiger partial charge in [0.2, 0.25) is 5.89 Å². The Morgan fingerprint density at radius 3 is 2.61 bits per heavy atom. The Labute approximate surface area is 169 Å². The number of amides is 1. The highest BCUT2D eigenvalue weighted by atomic mass is 79.9. The highest BCUT2D eigenvalue weighted by molar-refractivity contribution is 9.10. The number of nitrogens with zero attached hydrogens (tertiary/aromatic N) is 4. The van der Waals surface area contributed by atoms with E-state index in [-0.39, 0.29) is 17.7 Å². The van der Waals surface area contributed by atoms with E-state index in [2.05, 4.69) is 41.4 Å². The van der Waals surface area contributed by atoms with Crippen molar-refractivity contribution in [2.45, 2.75) is 6.92 Å². The van der Waals surface area contributed by atoms with E-state index >= 15 is 0 Å². The summed E-state index contributed by atoms with van der Waals surface area (Å²) in [5.41, 5.74) is 3.10. The first-order chi connectivity index (χ1) is 13.6. The van der Waals surface area contributed by atoms with Crippen LogP contribution < -0.4 is 5.32 Å². The fourth-order valence-electron chi connectivity index (χ4n) is 2.70. The molecule has 8 heteroatoms. The molecule has 4 aromatic rings. The lowest BCUT2D eigenvalue weighted by Crippen LogP contribution is -2.13. The Hall–Kier alpha value is -3.39. The van der Waals surface area contributed by atoms with Crippen molar-refractivity contribution in [2.24, 2.45) is 0 Å². The molecular formula is C20H14BrN5O2. The van der Waals surface area contributed by atoms with Gasteiger partial charge in [0.05, 0.1) is 17.4 Å². The standard InChI is InChI=1S/C20H14BrN5O2/c1-12-9-14(21)10-15(17(12)24-18(27)13-5-3-2-4-6-13)19-25-26-20(28-19)16-11-22-7-8-23-16/h2-11H,1H3,(H,24,27). The predicted octanol–water partition coefficient (Wildman–Crippen LogP) is 4.52. The molecule has 2 aromatic carbocycles. The van der Waals surface area contributed by atoms with Crippen molar-refractivity contribution in [1.29, 1.82) is 0 Å². The second-order valence-electron chi connectivity index (χ2n) is 5.97. The summed E-state index contributed by atoms with van der Waals surface area (Å²) in [4.78, 5) is 20.8. The molecule has 1 amide bonds. The lowest BCUT2D eigenvalue weighted by molar-refractivity contribution is 0.102. The second kappa shape index (κ2) is 7.69. The van der Waals surface area contributed by atoms with Crippen LogP contribution in [-0.2, 0) is 0 Å². The normalized spacial score (nSPS) is 10.6. The summed E-state index contributed by atoms with van der Waals surface area (Å²) >= 11 is 3.48. The van der Waals surface area contributed by atoms with E-state index in [1.807, 2.05) is 37.3 Å². The zero-order valence-corrected chi connectivity index (χ0v) is 16.3. The molecule has 0 radical (unpaired) electrons. The van der Waals surface area contributed by atoms with Gasteiger partial charge in [-0.25, -0.2) is 4.98 Å². The van der Waals surface area contributed by atoms with Crippen molar-refractivity contribution >= 4 is 27.5 Å². The predicted molar refractivity (Wildman–Crippen MR) is 108 cm³/mol. The van der Waals surface area contributed by atoms with Gasteiger partial charge in [-0.3, -0.25) is 9.78 Å². The molecule has 28 heavy (non-hydrogen) atoms. The number of carbonyl (C=O) groups is 1. The third kappa shape index (κ3) is 3.67. The van der Waals surface area contributed by atoms with Crippen LogP contribution in [0.4, 0.5) is 5.69 Å². The van der Waals surface area contributed by atoms with Crippen LogP contribution in [0.25, 0.3) is 23.0 Å². The van der Waals surface area contributed by atoms with Crippen LogP contribution in [0.5, 0.6) is 0 Å². The molecule has 0 aliphatic carbocycles. The zero-order chi connectivity index (χ0) is 19.5. The Morgan fingerprint density at radius 1 is 1.07 bits per heavy atom. The Balaban J connectivity index is 1.73. The van der Waals surface area contributed by atoms with Crippen molar-refractivity contribution < 1.29 is 9.21 Å². The van der Waals surface area contributed by atoms with Gasteiger partial charge >= 0.3 is 0 Å². The SMILES string of the molecule is Cc1cc(Br)cc(-c2nnc(-c3cnccn3)o2)c1NC(=O)c1ccccc1. The zero-order valence-electron chi connectivity index (χ0n) is 14.8. The maximum atomic E-state index is 12.7. The number of aromatic nitrogens is 4. The summed E-state index contributed by atoms with van der Waals surface area (Å²) in [6.45, 7) is 1.90. The fourth-order valence-corrected chi connectivity index (χ4v) is 3.27. The molecule has 1 N–H and O–H groups in total. The number of carbonyl (C=O) groups excluding carboxylic acids is 1. The average Bonchev–Trinajstić information content (AvgIpc) is 3.21. The fraction of sp³-hybridized carbons (Fsp3) is 0.0500. The van der Waals surface area contributed by atoms with Crippen molar-refractivity contribution in [2.75, 3.05) is 5.32 Å². The molecule has 2 aromatic heterocycles. The van der Waals surface area contributed by atoms with E-state index in [4.69, 9.17) is 4.42 Å². The van der Waals surface area contributed by atoms with Crippen LogP contribution in [0, 0.1) is 6.92 Å². The largest absolute Gasteiger partial charge is 0.414 e. The van der Waals surface area contributed by atoms with Gasteiger partial charge in [0, 0.05) is 22.4 Å². The van der Waals surface area contributed by atoms with Crippen LogP contribution in [-0.4, -0.2) is 26.1 Å². The molecule has 4 rings (SSSR count). The minimum atomic E-state index is -0.221. The second-order valence-corrected chi connectivity index (χ2v) is 6.88. The van der Waals surface area contributed by atoms with E-state index in [9.17, 15) is 4.79 Å². The van der Waals surface area contributed by atoms with E-state index in [1.54, 1.807) is 30.7 Å². The number of nitrogens with one attached hydrogen (secondary N) is 1. The highest BCUT2D eigenvalue weighted by Gasteiger charge is 2.19. The van der Waals surface area contributed by atoms with Gasteiger partial charge in [-0.05, 0) is 36.8 Å².